The first-order valence-electron chi connectivity index (χ1n) is 6.07. The van der Waals surface area contributed by atoms with E-state index in [0.29, 0.717) is 16.7 Å². The summed E-state index contributed by atoms with van der Waals surface area (Å²) < 4.78 is 9.52. The van der Waals surface area contributed by atoms with E-state index in [-0.39, 0.29) is 0 Å². The van der Waals surface area contributed by atoms with Crippen molar-refractivity contribution in [2.24, 2.45) is 4.99 Å². The van der Waals surface area contributed by atoms with Crippen molar-refractivity contribution in [3.05, 3.63) is 45.9 Å². The van der Waals surface area contributed by atoms with E-state index < -0.39 is 0 Å². The minimum atomic E-state index is 0.624. The second kappa shape index (κ2) is 6.17. The topological polar surface area (TPSA) is 45.6 Å². The lowest BCUT2D eigenvalue weighted by molar-refractivity contribution is 0.415. The minimum Gasteiger partial charge on any atom is -0.494 e. The van der Waals surface area contributed by atoms with E-state index in [9.17, 15) is 0 Å². The van der Waals surface area contributed by atoms with Crippen LogP contribution in [-0.4, -0.2) is 13.1 Å². The van der Waals surface area contributed by atoms with Crippen LogP contribution in [0.15, 0.2) is 50.8 Å². The molecule has 3 rings (SSSR count). The smallest absolute Gasteiger partial charge is 0.211 e. The molecule has 4 nitrogen and oxygen atoms in total. The summed E-state index contributed by atoms with van der Waals surface area (Å²) in [6.07, 6.45) is 0. The zero-order valence-corrected chi connectivity index (χ0v) is 14.1. The maximum atomic E-state index is 6.05. The van der Waals surface area contributed by atoms with Gasteiger partial charge >= 0.3 is 0 Å². The second-order valence-corrected chi connectivity index (χ2v) is 6.45. The zero-order chi connectivity index (χ0) is 14.8. The summed E-state index contributed by atoms with van der Waals surface area (Å²) in [6.45, 7) is 0. The van der Waals surface area contributed by atoms with Crippen LogP contribution < -0.4 is 14.8 Å². The van der Waals surface area contributed by atoms with Crippen LogP contribution in [0.25, 0.3) is 0 Å². The van der Waals surface area contributed by atoms with Crippen molar-refractivity contribution in [2.45, 2.75) is 4.90 Å². The van der Waals surface area contributed by atoms with Crippen LogP contribution in [-0.2, 0) is 0 Å². The molecule has 2 N–H and O–H groups in total. The van der Waals surface area contributed by atoms with Crippen LogP contribution in [0.2, 0.25) is 5.02 Å². The highest BCUT2D eigenvalue weighted by molar-refractivity contribution is 9.10. The van der Waals surface area contributed by atoms with Crippen molar-refractivity contribution < 1.29 is 4.74 Å². The van der Waals surface area contributed by atoms with Gasteiger partial charge in [0, 0.05) is 21.2 Å². The molecule has 0 saturated carbocycles. The molecule has 0 aromatic heterocycles. The quantitative estimate of drug-likeness (QED) is 0.729. The average molecular weight is 385 g/mol. The number of halogens is 2. The Labute approximate surface area is 140 Å². The van der Waals surface area contributed by atoms with E-state index in [2.05, 4.69) is 31.0 Å². The Bertz CT molecular complexity index is 706. The summed E-state index contributed by atoms with van der Waals surface area (Å²) >= 11 is 10.9. The number of rotatable bonds is 2. The lowest BCUT2D eigenvalue weighted by Gasteiger charge is -2.19. The first-order valence-corrected chi connectivity index (χ1v) is 8.06. The van der Waals surface area contributed by atoms with Crippen LogP contribution in [0.4, 0.5) is 11.4 Å². The Kier molecular flexibility index (Phi) is 4.28. The SMILES string of the molecule is COc1cc(Cl)cc2c1N=C(Nc1ccc(Br)cc1)NS2. The molecule has 0 aliphatic carbocycles. The summed E-state index contributed by atoms with van der Waals surface area (Å²) in [4.78, 5) is 5.48. The Hall–Kier alpha value is -1.37. The number of benzene rings is 2. The lowest BCUT2D eigenvalue weighted by atomic mass is 10.3. The number of nitrogens with one attached hydrogen (secondary N) is 2. The highest BCUT2D eigenvalue weighted by atomic mass is 79.9. The monoisotopic (exact) mass is 383 g/mol. The Morgan fingerprint density at radius 1 is 1.29 bits per heavy atom. The molecule has 2 aromatic carbocycles. The molecular formula is C14H11BrClN3OS. The molecule has 21 heavy (non-hydrogen) atoms. The van der Waals surface area contributed by atoms with E-state index >= 15 is 0 Å². The number of fused-ring (bicyclic) bond motifs is 1. The molecule has 7 heteroatoms. The number of methoxy groups -OCH3 is 1. The van der Waals surface area contributed by atoms with Crippen LogP contribution in [0, 0.1) is 0 Å². The summed E-state index contributed by atoms with van der Waals surface area (Å²) in [5.41, 5.74) is 1.71. The zero-order valence-electron chi connectivity index (χ0n) is 11.0. The third-order valence-electron chi connectivity index (χ3n) is 2.81. The Morgan fingerprint density at radius 3 is 2.76 bits per heavy atom. The highest BCUT2D eigenvalue weighted by Gasteiger charge is 2.17. The number of ether oxygens (including phenoxy) is 1. The number of nitrogens with zero attached hydrogens (tertiary/aromatic N) is 1. The predicted molar refractivity (Wildman–Crippen MR) is 91.9 cm³/mol. The molecule has 0 atom stereocenters. The summed E-state index contributed by atoms with van der Waals surface area (Å²) in [5, 5.41) is 3.85. The second-order valence-electron chi connectivity index (χ2n) is 4.25. The van der Waals surface area contributed by atoms with Crippen molar-refractivity contribution in [2.75, 3.05) is 12.4 Å². The highest BCUT2D eigenvalue weighted by Crippen LogP contribution is 2.41. The first kappa shape index (κ1) is 14.6. The molecule has 0 spiro atoms. The van der Waals surface area contributed by atoms with Gasteiger partial charge in [-0.25, -0.2) is 4.99 Å². The third-order valence-corrected chi connectivity index (χ3v) is 4.39. The fourth-order valence-electron chi connectivity index (χ4n) is 1.86. The average Bonchev–Trinajstić information content (AvgIpc) is 2.49. The normalized spacial score (nSPS) is 13.0. The van der Waals surface area contributed by atoms with E-state index in [1.54, 1.807) is 13.2 Å². The van der Waals surface area contributed by atoms with Gasteiger partial charge in [0.05, 0.1) is 12.0 Å². The van der Waals surface area contributed by atoms with Crippen LogP contribution in [0.5, 0.6) is 5.75 Å². The number of aliphatic imine (C=N–C) groups is 1. The van der Waals surface area contributed by atoms with E-state index in [4.69, 9.17) is 16.3 Å². The summed E-state index contributed by atoms with van der Waals surface area (Å²) in [5.74, 6) is 1.30. The minimum absolute atomic E-state index is 0.624. The van der Waals surface area contributed by atoms with Gasteiger partial charge in [0.1, 0.15) is 11.4 Å². The number of anilines is 1. The van der Waals surface area contributed by atoms with Crippen molar-refractivity contribution in [1.29, 1.82) is 0 Å². The van der Waals surface area contributed by atoms with Crippen molar-refractivity contribution in [3.63, 3.8) is 0 Å². The van der Waals surface area contributed by atoms with Crippen LogP contribution in [0.3, 0.4) is 0 Å². The largest absolute Gasteiger partial charge is 0.494 e. The summed E-state index contributed by atoms with van der Waals surface area (Å²) in [7, 11) is 1.61. The van der Waals surface area contributed by atoms with Gasteiger partial charge in [0.15, 0.2) is 0 Å². The molecule has 0 radical (unpaired) electrons. The Balaban J connectivity index is 1.91. The van der Waals surface area contributed by atoms with Gasteiger partial charge < -0.3 is 10.1 Å². The van der Waals surface area contributed by atoms with Gasteiger partial charge in [0.25, 0.3) is 0 Å². The van der Waals surface area contributed by atoms with E-state index in [0.717, 1.165) is 20.7 Å². The van der Waals surface area contributed by atoms with E-state index in [1.165, 1.54) is 11.9 Å². The number of hydrogen-bond donors (Lipinski definition) is 2. The van der Waals surface area contributed by atoms with Gasteiger partial charge in [-0.05, 0) is 42.3 Å². The molecule has 0 fully saturated rings. The van der Waals surface area contributed by atoms with Crippen LogP contribution in [0.1, 0.15) is 0 Å². The lowest BCUT2D eigenvalue weighted by Crippen LogP contribution is -2.26. The molecule has 108 valence electrons. The summed E-state index contributed by atoms with van der Waals surface area (Å²) in [6, 6.07) is 11.5. The van der Waals surface area contributed by atoms with Gasteiger partial charge in [-0.3, -0.25) is 4.72 Å². The number of hydrogen-bond acceptors (Lipinski definition) is 5. The standard InChI is InChI=1S/C14H11BrClN3OS/c1-20-11-6-9(16)7-12-13(11)18-14(19-21-12)17-10-4-2-8(15)3-5-10/h2-7H,1H3,(H2,17,18,19). The molecule has 1 aliphatic heterocycles. The van der Waals surface area contributed by atoms with Crippen LogP contribution >= 0.6 is 39.5 Å². The van der Waals surface area contributed by atoms with Crippen molar-refractivity contribution >= 4 is 56.8 Å². The Morgan fingerprint density at radius 2 is 2.05 bits per heavy atom. The molecule has 1 heterocycles. The fourth-order valence-corrected chi connectivity index (χ4v) is 3.12. The van der Waals surface area contributed by atoms with Crippen molar-refractivity contribution in [1.82, 2.24) is 4.72 Å². The van der Waals surface area contributed by atoms with Gasteiger partial charge in [-0.1, -0.05) is 27.5 Å². The molecule has 1 aliphatic rings. The fraction of sp³-hybridized carbons (Fsp3) is 0.0714. The van der Waals surface area contributed by atoms with Gasteiger partial charge in [-0.15, -0.1) is 0 Å². The van der Waals surface area contributed by atoms with Gasteiger partial charge in [-0.2, -0.15) is 0 Å². The first-order chi connectivity index (χ1) is 10.2. The van der Waals surface area contributed by atoms with Crippen molar-refractivity contribution in [3.8, 4) is 5.75 Å². The van der Waals surface area contributed by atoms with Gasteiger partial charge in [0.2, 0.25) is 5.96 Å². The molecule has 0 saturated heterocycles. The van der Waals surface area contributed by atoms with E-state index in [1.807, 2.05) is 30.3 Å². The number of guanidine groups is 1. The predicted octanol–water partition coefficient (Wildman–Crippen LogP) is 4.82. The maximum Gasteiger partial charge on any atom is 0.211 e. The molecular weight excluding hydrogens is 374 g/mol. The molecule has 0 bridgehead atoms. The molecule has 0 amide bonds. The maximum absolute atomic E-state index is 6.05. The third kappa shape index (κ3) is 3.28. The molecule has 0 unspecified atom stereocenters. The molecule has 2 aromatic rings.